The van der Waals surface area contributed by atoms with Gasteiger partial charge in [-0.3, -0.25) is 0 Å². The average molecular weight is 266 g/mol. The van der Waals surface area contributed by atoms with Gasteiger partial charge in [-0.25, -0.2) is 0 Å². The van der Waals surface area contributed by atoms with E-state index in [0.29, 0.717) is 6.04 Å². The molecule has 0 N–H and O–H groups in total. The lowest BCUT2D eigenvalue weighted by atomic mass is 10.2. The fraction of sp³-hybridized carbons (Fsp3) is 0.455. The number of halogens is 2. The maximum Gasteiger partial charge on any atom is 0.0317 e. The minimum Gasteiger partial charge on any atom is -0.375 e. The van der Waals surface area contributed by atoms with Gasteiger partial charge in [0.15, 0.2) is 0 Å². The summed E-state index contributed by atoms with van der Waals surface area (Å²) in [5.41, 5.74) is 1.50. The van der Waals surface area contributed by atoms with Crippen molar-refractivity contribution in [2.75, 3.05) is 6.54 Å². The van der Waals surface area contributed by atoms with Gasteiger partial charge in [0.1, 0.15) is 0 Å². The molecule has 86 valence electrons. The molecule has 2 heterocycles. The number of hydrogen-bond acceptors (Lipinski definition) is 2. The van der Waals surface area contributed by atoms with E-state index in [9.17, 15) is 0 Å². The van der Waals surface area contributed by atoms with E-state index < -0.39 is 0 Å². The lowest BCUT2D eigenvalue weighted by molar-refractivity contribution is 0.318. The highest BCUT2D eigenvalue weighted by Gasteiger charge is 2.10. The van der Waals surface area contributed by atoms with Crippen LogP contribution in [0.15, 0.2) is 17.6 Å². The van der Waals surface area contributed by atoms with Gasteiger partial charge in [-0.15, -0.1) is 36.2 Å². The van der Waals surface area contributed by atoms with Crippen molar-refractivity contribution in [2.24, 2.45) is 0 Å². The summed E-state index contributed by atoms with van der Waals surface area (Å²) < 4.78 is 0. The van der Waals surface area contributed by atoms with Crippen LogP contribution in [-0.4, -0.2) is 17.5 Å². The highest BCUT2D eigenvalue weighted by atomic mass is 35.5. The van der Waals surface area contributed by atoms with E-state index in [1.807, 2.05) is 11.3 Å². The molecule has 15 heavy (non-hydrogen) atoms. The Kier molecular flexibility index (Phi) is 6.34. The third-order valence-electron chi connectivity index (χ3n) is 2.50. The maximum atomic E-state index is 2.40. The van der Waals surface area contributed by atoms with Gasteiger partial charge < -0.3 is 4.90 Å². The van der Waals surface area contributed by atoms with Crippen LogP contribution in [0.1, 0.15) is 24.3 Å². The third-order valence-corrected chi connectivity index (χ3v) is 3.43. The van der Waals surface area contributed by atoms with Crippen molar-refractivity contribution in [2.45, 2.75) is 26.3 Å². The highest BCUT2D eigenvalue weighted by Crippen LogP contribution is 2.22. The van der Waals surface area contributed by atoms with Crippen molar-refractivity contribution < 1.29 is 0 Å². The second-order valence-electron chi connectivity index (χ2n) is 3.71. The van der Waals surface area contributed by atoms with Crippen molar-refractivity contribution in [3.63, 3.8) is 0 Å². The van der Waals surface area contributed by atoms with Gasteiger partial charge in [0.25, 0.3) is 0 Å². The highest BCUT2D eigenvalue weighted by molar-refractivity contribution is 7.11. The van der Waals surface area contributed by atoms with Crippen LogP contribution in [0, 0.1) is 0 Å². The van der Waals surface area contributed by atoms with Crippen LogP contribution in [0.5, 0.6) is 0 Å². The van der Waals surface area contributed by atoms with Crippen LogP contribution in [-0.2, 0) is 6.42 Å². The maximum absolute atomic E-state index is 2.40. The SMILES string of the molecule is CC(C)N1C=Cc2sccc2CC1.Cl.Cl. The van der Waals surface area contributed by atoms with Crippen LogP contribution in [0.4, 0.5) is 0 Å². The zero-order chi connectivity index (χ0) is 9.26. The Balaban J connectivity index is 0.000000980. The molecule has 0 aliphatic carbocycles. The first kappa shape index (κ1) is 14.8. The lowest BCUT2D eigenvalue weighted by Gasteiger charge is -2.23. The summed E-state index contributed by atoms with van der Waals surface area (Å²) in [7, 11) is 0. The number of nitrogens with zero attached hydrogens (tertiary/aromatic N) is 1. The molecule has 0 radical (unpaired) electrons. The fourth-order valence-electron chi connectivity index (χ4n) is 1.62. The molecule has 0 unspecified atom stereocenters. The third kappa shape index (κ3) is 3.40. The van der Waals surface area contributed by atoms with E-state index in [1.54, 1.807) is 0 Å². The first-order chi connectivity index (χ1) is 6.27. The molecule has 1 nitrogen and oxygen atoms in total. The molecular formula is C11H17Cl2NS. The van der Waals surface area contributed by atoms with Crippen LogP contribution >= 0.6 is 36.2 Å². The molecule has 0 atom stereocenters. The van der Waals surface area contributed by atoms with Crippen LogP contribution in [0.3, 0.4) is 0 Å². The molecule has 0 amide bonds. The predicted octanol–water partition coefficient (Wildman–Crippen LogP) is 3.83. The Labute approximate surface area is 108 Å². The minimum atomic E-state index is 0. The molecule has 0 saturated carbocycles. The van der Waals surface area contributed by atoms with E-state index >= 15 is 0 Å². The van der Waals surface area contributed by atoms with Crippen molar-refractivity contribution in [1.29, 1.82) is 0 Å². The second kappa shape index (κ2) is 6.41. The molecule has 0 fully saturated rings. The molecule has 1 aliphatic rings. The molecule has 1 aromatic rings. The minimum absolute atomic E-state index is 0. The fourth-order valence-corrected chi connectivity index (χ4v) is 2.46. The Morgan fingerprint density at radius 2 is 2.07 bits per heavy atom. The van der Waals surface area contributed by atoms with Crippen molar-refractivity contribution in [3.8, 4) is 0 Å². The van der Waals surface area contributed by atoms with E-state index in [1.165, 1.54) is 16.9 Å². The van der Waals surface area contributed by atoms with Gasteiger partial charge in [-0.2, -0.15) is 0 Å². The number of fused-ring (bicyclic) bond motifs is 1. The summed E-state index contributed by atoms with van der Waals surface area (Å²) in [6, 6.07) is 2.86. The summed E-state index contributed by atoms with van der Waals surface area (Å²) in [5.74, 6) is 0. The van der Waals surface area contributed by atoms with Gasteiger partial charge >= 0.3 is 0 Å². The van der Waals surface area contributed by atoms with Gasteiger partial charge in [0.05, 0.1) is 0 Å². The largest absolute Gasteiger partial charge is 0.375 e. The second-order valence-corrected chi connectivity index (χ2v) is 4.66. The number of rotatable bonds is 1. The van der Waals surface area contributed by atoms with Gasteiger partial charge in [0, 0.05) is 23.7 Å². The van der Waals surface area contributed by atoms with Crippen LogP contribution < -0.4 is 0 Å². The van der Waals surface area contributed by atoms with E-state index in [0.717, 1.165) is 6.54 Å². The standard InChI is InChI=1S/C11H15NS.2ClH/c1-9(2)12-6-3-10-5-8-13-11(10)4-7-12;;/h4-5,7-9H,3,6H2,1-2H3;2*1H. The van der Waals surface area contributed by atoms with Crippen molar-refractivity contribution in [1.82, 2.24) is 4.90 Å². The Morgan fingerprint density at radius 1 is 1.33 bits per heavy atom. The number of thiophene rings is 1. The number of hydrogen-bond donors (Lipinski definition) is 0. The molecule has 0 spiro atoms. The van der Waals surface area contributed by atoms with Crippen LogP contribution in [0.25, 0.3) is 6.08 Å². The predicted molar refractivity (Wildman–Crippen MR) is 73.4 cm³/mol. The van der Waals surface area contributed by atoms with Gasteiger partial charge in [-0.1, -0.05) is 0 Å². The van der Waals surface area contributed by atoms with Crippen molar-refractivity contribution in [3.05, 3.63) is 28.1 Å². The molecule has 1 aliphatic heterocycles. The summed E-state index contributed by atoms with van der Waals surface area (Å²) in [4.78, 5) is 3.83. The van der Waals surface area contributed by atoms with Crippen molar-refractivity contribution >= 4 is 42.2 Å². The first-order valence-electron chi connectivity index (χ1n) is 4.77. The summed E-state index contributed by atoms with van der Waals surface area (Å²) in [6.45, 7) is 5.63. The van der Waals surface area contributed by atoms with E-state index in [-0.39, 0.29) is 24.8 Å². The molecule has 4 heteroatoms. The quantitative estimate of drug-likeness (QED) is 0.746. The molecule has 0 aromatic carbocycles. The van der Waals surface area contributed by atoms with E-state index in [2.05, 4.69) is 42.5 Å². The Morgan fingerprint density at radius 3 is 2.73 bits per heavy atom. The Hall–Kier alpha value is -0.180. The molecule has 0 saturated heterocycles. The normalized spacial score (nSPS) is 13.9. The monoisotopic (exact) mass is 265 g/mol. The summed E-state index contributed by atoms with van der Waals surface area (Å²) in [5, 5.41) is 2.18. The molecule has 1 aromatic heterocycles. The van der Waals surface area contributed by atoms with Gasteiger partial charge in [0.2, 0.25) is 0 Å². The topological polar surface area (TPSA) is 3.24 Å². The Bertz CT molecular complexity index is 320. The smallest absolute Gasteiger partial charge is 0.0317 e. The zero-order valence-corrected chi connectivity index (χ0v) is 11.4. The first-order valence-corrected chi connectivity index (χ1v) is 5.65. The zero-order valence-electron chi connectivity index (χ0n) is 8.97. The molecule has 2 rings (SSSR count). The summed E-state index contributed by atoms with van der Waals surface area (Å²) in [6.07, 6.45) is 5.66. The lowest BCUT2D eigenvalue weighted by Crippen LogP contribution is -2.26. The van der Waals surface area contributed by atoms with Crippen LogP contribution in [0.2, 0.25) is 0 Å². The molecular weight excluding hydrogens is 249 g/mol. The summed E-state index contributed by atoms with van der Waals surface area (Å²) >= 11 is 1.84. The van der Waals surface area contributed by atoms with Gasteiger partial charge in [-0.05, 0) is 43.4 Å². The molecule has 0 bridgehead atoms. The van der Waals surface area contributed by atoms with E-state index in [4.69, 9.17) is 0 Å². The average Bonchev–Trinajstić information content (AvgIpc) is 2.44.